The summed E-state index contributed by atoms with van der Waals surface area (Å²) in [5.74, 6) is 0.0408. The Bertz CT molecular complexity index is 413. The molecule has 0 aliphatic carbocycles. The van der Waals surface area contributed by atoms with Crippen molar-refractivity contribution < 1.29 is 4.79 Å². The van der Waals surface area contributed by atoms with Gasteiger partial charge in [0.2, 0.25) is 5.91 Å². The Balaban J connectivity index is 1.92. The van der Waals surface area contributed by atoms with Crippen LogP contribution in [0.3, 0.4) is 0 Å². The van der Waals surface area contributed by atoms with E-state index in [9.17, 15) is 4.79 Å². The summed E-state index contributed by atoms with van der Waals surface area (Å²) in [5, 5.41) is 6.25. The summed E-state index contributed by atoms with van der Waals surface area (Å²) in [6.45, 7) is 8.76. The lowest BCUT2D eigenvalue weighted by atomic mass is 9.91. The van der Waals surface area contributed by atoms with E-state index in [0.717, 1.165) is 38.4 Å². The number of nitrogens with one attached hydrogen (secondary N) is 2. The van der Waals surface area contributed by atoms with E-state index < -0.39 is 5.41 Å². The molecule has 2 rings (SSSR count). The summed E-state index contributed by atoms with van der Waals surface area (Å²) >= 11 is 0. The minimum atomic E-state index is -0.410. The maximum Gasteiger partial charge on any atom is 0.231 e. The highest BCUT2D eigenvalue weighted by Gasteiger charge is 2.30. The van der Waals surface area contributed by atoms with Crippen LogP contribution < -0.4 is 10.6 Å². The van der Waals surface area contributed by atoms with Gasteiger partial charge in [0.05, 0.1) is 17.3 Å². The Kier molecular flexibility index (Phi) is 4.50. The molecule has 1 aliphatic heterocycles. The lowest BCUT2D eigenvalue weighted by Gasteiger charge is -2.34. The van der Waals surface area contributed by atoms with Crippen molar-refractivity contribution in [1.82, 2.24) is 15.2 Å². The van der Waals surface area contributed by atoms with E-state index in [4.69, 9.17) is 0 Å². The monoisotopic (exact) mass is 262 g/mol. The van der Waals surface area contributed by atoms with E-state index in [1.54, 1.807) is 12.4 Å². The molecule has 19 heavy (non-hydrogen) atoms. The number of hydrogen-bond acceptors (Lipinski definition) is 4. The van der Waals surface area contributed by atoms with Crippen LogP contribution in [0.15, 0.2) is 24.5 Å². The highest BCUT2D eigenvalue weighted by Crippen LogP contribution is 2.20. The van der Waals surface area contributed by atoms with E-state index in [1.165, 1.54) is 0 Å². The van der Waals surface area contributed by atoms with Gasteiger partial charge < -0.3 is 10.6 Å². The third kappa shape index (κ3) is 4.01. The number of hydrogen-bond donors (Lipinski definition) is 2. The number of aromatic nitrogens is 1. The predicted octanol–water partition coefficient (Wildman–Crippen LogP) is 0.951. The van der Waals surface area contributed by atoms with Crippen molar-refractivity contribution in [2.24, 2.45) is 5.41 Å². The molecule has 0 bridgehead atoms. The number of piperazine rings is 1. The first kappa shape index (κ1) is 14.0. The molecule has 2 heterocycles. The first-order valence-electron chi connectivity index (χ1n) is 6.72. The van der Waals surface area contributed by atoms with Gasteiger partial charge in [-0.1, -0.05) is 0 Å². The van der Waals surface area contributed by atoms with Crippen molar-refractivity contribution in [2.75, 3.05) is 38.0 Å². The van der Waals surface area contributed by atoms with E-state index in [0.29, 0.717) is 0 Å². The topological polar surface area (TPSA) is 57.3 Å². The van der Waals surface area contributed by atoms with Crippen LogP contribution in [-0.4, -0.2) is 48.5 Å². The van der Waals surface area contributed by atoms with E-state index in [-0.39, 0.29) is 5.91 Å². The van der Waals surface area contributed by atoms with Crippen molar-refractivity contribution in [1.29, 1.82) is 0 Å². The molecule has 104 valence electrons. The normalized spacial score (nSPS) is 17.2. The number of anilines is 1. The molecule has 1 aromatic heterocycles. The zero-order valence-electron chi connectivity index (χ0n) is 11.6. The van der Waals surface area contributed by atoms with Crippen molar-refractivity contribution in [3.8, 4) is 0 Å². The molecule has 1 aliphatic rings. The van der Waals surface area contributed by atoms with Crippen molar-refractivity contribution in [3.05, 3.63) is 24.5 Å². The van der Waals surface area contributed by atoms with Gasteiger partial charge >= 0.3 is 0 Å². The smallest absolute Gasteiger partial charge is 0.231 e. The van der Waals surface area contributed by atoms with Crippen LogP contribution in [-0.2, 0) is 4.79 Å². The third-order valence-electron chi connectivity index (χ3n) is 3.36. The van der Waals surface area contributed by atoms with E-state index in [1.807, 2.05) is 26.0 Å². The number of carbonyl (C=O) groups excluding carboxylic acids is 1. The fourth-order valence-corrected chi connectivity index (χ4v) is 2.24. The molecule has 2 N–H and O–H groups in total. The molecule has 0 radical (unpaired) electrons. The first-order valence-corrected chi connectivity index (χ1v) is 6.72. The van der Waals surface area contributed by atoms with Gasteiger partial charge in [-0.3, -0.25) is 14.7 Å². The molecular formula is C14H22N4O. The SMILES string of the molecule is CC(C)(CN1CCNCC1)C(=O)Nc1cccnc1. The molecule has 1 fully saturated rings. The largest absolute Gasteiger partial charge is 0.324 e. The van der Waals surface area contributed by atoms with E-state index >= 15 is 0 Å². The second-order valence-corrected chi connectivity index (χ2v) is 5.61. The molecule has 5 heteroatoms. The quantitative estimate of drug-likeness (QED) is 0.848. The zero-order valence-corrected chi connectivity index (χ0v) is 11.6. The van der Waals surface area contributed by atoms with Gasteiger partial charge in [-0.2, -0.15) is 0 Å². The molecule has 0 saturated carbocycles. The minimum Gasteiger partial charge on any atom is -0.324 e. The van der Waals surface area contributed by atoms with Crippen LogP contribution in [0.2, 0.25) is 0 Å². The molecule has 5 nitrogen and oxygen atoms in total. The molecular weight excluding hydrogens is 240 g/mol. The van der Waals surface area contributed by atoms with Crippen LogP contribution in [0.4, 0.5) is 5.69 Å². The summed E-state index contributed by atoms with van der Waals surface area (Å²) in [4.78, 5) is 18.7. The fraction of sp³-hybridized carbons (Fsp3) is 0.571. The number of pyridine rings is 1. The lowest BCUT2D eigenvalue weighted by Crippen LogP contribution is -2.49. The second kappa shape index (κ2) is 6.12. The second-order valence-electron chi connectivity index (χ2n) is 5.61. The fourth-order valence-electron chi connectivity index (χ4n) is 2.24. The van der Waals surface area contributed by atoms with Gasteiger partial charge in [-0.05, 0) is 26.0 Å². The Morgan fingerprint density at radius 3 is 2.84 bits per heavy atom. The lowest BCUT2D eigenvalue weighted by molar-refractivity contribution is -0.125. The third-order valence-corrected chi connectivity index (χ3v) is 3.36. The summed E-state index contributed by atoms with van der Waals surface area (Å²) in [6.07, 6.45) is 3.36. The molecule has 1 aromatic rings. The number of nitrogens with zero attached hydrogens (tertiary/aromatic N) is 2. The molecule has 0 aromatic carbocycles. The highest BCUT2D eigenvalue weighted by molar-refractivity contribution is 5.94. The minimum absolute atomic E-state index is 0.0408. The highest BCUT2D eigenvalue weighted by atomic mass is 16.2. The molecule has 1 saturated heterocycles. The zero-order chi connectivity index (χ0) is 13.7. The summed E-state index contributed by atoms with van der Waals surface area (Å²) < 4.78 is 0. The van der Waals surface area contributed by atoms with Gasteiger partial charge in [0.25, 0.3) is 0 Å². The Morgan fingerprint density at radius 2 is 2.21 bits per heavy atom. The summed E-state index contributed by atoms with van der Waals surface area (Å²) in [6, 6.07) is 3.67. The number of amides is 1. The Hall–Kier alpha value is -1.46. The van der Waals surface area contributed by atoms with Gasteiger partial charge in [0.15, 0.2) is 0 Å². The van der Waals surface area contributed by atoms with Gasteiger partial charge in [-0.15, -0.1) is 0 Å². The molecule has 0 atom stereocenters. The van der Waals surface area contributed by atoms with Gasteiger partial charge in [-0.25, -0.2) is 0 Å². The van der Waals surface area contributed by atoms with Crippen LogP contribution in [0, 0.1) is 5.41 Å². The van der Waals surface area contributed by atoms with Crippen LogP contribution in [0.1, 0.15) is 13.8 Å². The van der Waals surface area contributed by atoms with Crippen LogP contribution in [0.5, 0.6) is 0 Å². The number of carbonyl (C=O) groups is 1. The average molecular weight is 262 g/mol. The summed E-state index contributed by atoms with van der Waals surface area (Å²) in [5.41, 5.74) is 0.341. The summed E-state index contributed by atoms with van der Waals surface area (Å²) in [7, 11) is 0. The Labute approximate surface area is 114 Å². The molecule has 0 spiro atoms. The maximum absolute atomic E-state index is 12.3. The van der Waals surface area contributed by atoms with Crippen molar-refractivity contribution in [2.45, 2.75) is 13.8 Å². The predicted molar refractivity (Wildman–Crippen MR) is 76.0 cm³/mol. The van der Waals surface area contributed by atoms with Gasteiger partial charge in [0, 0.05) is 38.9 Å². The van der Waals surface area contributed by atoms with Crippen molar-refractivity contribution in [3.63, 3.8) is 0 Å². The molecule has 1 amide bonds. The van der Waals surface area contributed by atoms with E-state index in [2.05, 4.69) is 20.5 Å². The van der Waals surface area contributed by atoms with Crippen LogP contribution >= 0.6 is 0 Å². The maximum atomic E-state index is 12.3. The number of rotatable bonds is 4. The average Bonchev–Trinajstić information content (AvgIpc) is 2.40. The Morgan fingerprint density at radius 1 is 1.47 bits per heavy atom. The first-order chi connectivity index (χ1) is 9.08. The van der Waals surface area contributed by atoms with Crippen molar-refractivity contribution >= 4 is 11.6 Å². The van der Waals surface area contributed by atoms with Crippen LogP contribution in [0.25, 0.3) is 0 Å². The molecule has 0 unspecified atom stereocenters. The standard InChI is InChI=1S/C14H22N4O/c1-14(2,11-18-8-6-15-7-9-18)13(19)17-12-4-3-5-16-10-12/h3-5,10,15H,6-9,11H2,1-2H3,(H,17,19). The van der Waals surface area contributed by atoms with Gasteiger partial charge in [0.1, 0.15) is 0 Å².